The van der Waals surface area contributed by atoms with Crippen LogP contribution >= 0.6 is 11.6 Å². The molecule has 0 fully saturated rings. The van der Waals surface area contributed by atoms with E-state index in [1.54, 1.807) is 30.6 Å². The molecule has 0 saturated carbocycles. The van der Waals surface area contributed by atoms with Crippen molar-refractivity contribution >= 4 is 34.4 Å². The van der Waals surface area contributed by atoms with E-state index in [-0.39, 0.29) is 5.82 Å². The molecule has 0 radical (unpaired) electrons. The summed E-state index contributed by atoms with van der Waals surface area (Å²) in [5, 5.41) is 3.90. The maximum absolute atomic E-state index is 13.8. The highest BCUT2D eigenvalue weighted by molar-refractivity contribution is 6.31. The molecule has 1 aliphatic heterocycles. The molecule has 1 aromatic heterocycles. The molecule has 0 spiro atoms. The first kappa shape index (κ1) is 13.9. The Morgan fingerprint density at radius 1 is 0.913 bits per heavy atom. The lowest BCUT2D eigenvalue weighted by molar-refractivity contribution is 0.628. The number of rotatable bonds is 1. The van der Waals surface area contributed by atoms with Crippen LogP contribution in [0.4, 0.5) is 21.5 Å². The van der Waals surface area contributed by atoms with Gasteiger partial charge in [0.15, 0.2) is 0 Å². The van der Waals surface area contributed by atoms with Gasteiger partial charge >= 0.3 is 0 Å². The van der Waals surface area contributed by atoms with Gasteiger partial charge in [0.2, 0.25) is 0 Å². The predicted octanol–water partition coefficient (Wildman–Crippen LogP) is 5.10. The number of fused-ring (bicyclic) bond motifs is 2. The highest BCUT2D eigenvalue weighted by atomic mass is 35.5. The van der Waals surface area contributed by atoms with Crippen molar-refractivity contribution in [2.45, 2.75) is 0 Å². The van der Waals surface area contributed by atoms with Crippen LogP contribution in [0.3, 0.4) is 0 Å². The number of nitrogens with zero attached hydrogens (tertiary/aromatic N) is 2. The lowest BCUT2D eigenvalue weighted by Crippen LogP contribution is -2.05. The van der Waals surface area contributed by atoms with Gasteiger partial charge in [-0.2, -0.15) is 0 Å². The van der Waals surface area contributed by atoms with Gasteiger partial charge in [-0.3, -0.25) is 4.98 Å². The Balaban J connectivity index is 2.02. The molecule has 4 rings (SSSR count). The van der Waals surface area contributed by atoms with Gasteiger partial charge < -0.3 is 5.32 Å². The van der Waals surface area contributed by atoms with Gasteiger partial charge in [-0.1, -0.05) is 11.6 Å². The molecule has 23 heavy (non-hydrogen) atoms. The third kappa shape index (κ3) is 2.58. The normalized spacial score (nSPS) is 12.5. The van der Waals surface area contributed by atoms with Crippen LogP contribution in [0.1, 0.15) is 11.1 Å². The summed E-state index contributed by atoms with van der Waals surface area (Å²) in [6.45, 7) is 0. The largest absolute Gasteiger partial charge is 0.353 e. The first-order valence-corrected chi connectivity index (χ1v) is 7.44. The summed E-state index contributed by atoms with van der Waals surface area (Å²) in [5.41, 5.74) is 4.57. The van der Waals surface area contributed by atoms with Crippen LogP contribution in [0.5, 0.6) is 0 Å². The summed E-state index contributed by atoms with van der Waals surface area (Å²) < 4.78 is 13.8. The van der Waals surface area contributed by atoms with E-state index in [2.05, 4.69) is 10.3 Å². The number of anilines is 2. The fourth-order valence-electron chi connectivity index (χ4n) is 2.58. The monoisotopic (exact) mass is 323 g/mol. The van der Waals surface area contributed by atoms with E-state index in [4.69, 9.17) is 16.6 Å². The first-order valence-electron chi connectivity index (χ1n) is 7.06. The molecular formula is C18H11ClFN3. The molecule has 5 heteroatoms. The second kappa shape index (κ2) is 5.48. The Morgan fingerprint density at radius 2 is 1.70 bits per heavy atom. The Kier molecular flexibility index (Phi) is 3.32. The lowest BCUT2D eigenvalue weighted by atomic mass is 10.0. The number of benzene rings is 2. The number of hydrogen-bond donors (Lipinski definition) is 1. The Hall–Kier alpha value is -2.72. The summed E-state index contributed by atoms with van der Waals surface area (Å²) in [6, 6.07) is 13.8. The van der Waals surface area contributed by atoms with Crippen LogP contribution in [0.25, 0.3) is 0 Å². The molecule has 1 aliphatic rings. The minimum Gasteiger partial charge on any atom is -0.353 e. The van der Waals surface area contributed by atoms with Gasteiger partial charge in [-0.15, -0.1) is 0 Å². The van der Waals surface area contributed by atoms with E-state index >= 15 is 0 Å². The Morgan fingerprint density at radius 3 is 2.52 bits per heavy atom. The number of aliphatic imine (C=N–C) groups is 1. The molecule has 3 nitrogen and oxygen atoms in total. The quantitative estimate of drug-likeness (QED) is 0.529. The number of aromatic nitrogens is 1. The van der Waals surface area contributed by atoms with Gasteiger partial charge in [0, 0.05) is 34.2 Å². The van der Waals surface area contributed by atoms with Crippen molar-refractivity contribution in [1.82, 2.24) is 4.98 Å². The molecular weight excluding hydrogens is 313 g/mol. The van der Waals surface area contributed by atoms with Crippen molar-refractivity contribution in [2.75, 3.05) is 5.32 Å². The van der Waals surface area contributed by atoms with E-state index in [9.17, 15) is 4.39 Å². The standard InChI is InChI=1S/C18H11ClFN3/c19-12-1-3-16-17(9-12)23-18(11-5-7-21-8-6-11)14-10-13(20)2-4-15(14)22-16/h1-10,22H. The average molecular weight is 324 g/mol. The molecule has 0 aliphatic carbocycles. The highest BCUT2D eigenvalue weighted by Gasteiger charge is 2.18. The van der Waals surface area contributed by atoms with Gasteiger partial charge in [0.05, 0.1) is 17.1 Å². The fourth-order valence-corrected chi connectivity index (χ4v) is 2.75. The predicted molar refractivity (Wildman–Crippen MR) is 90.7 cm³/mol. The summed E-state index contributed by atoms with van der Waals surface area (Å²) in [4.78, 5) is 8.76. The third-order valence-electron chi connectivity index (χ3n) is 3.65. The van der Waals surface area contributed by atoms with Crippen molar-refractivity contribution < 1.29 is 4.39 Å². The minimum absolute atomic E-state index is 0.309. The van der Waals surface area contributed by atoms with Gasteiger partial charge in [0.1, 0.15) is 5.82 Å². The fraction of sp³-hybridized carbons (Fsp3) is 0. The van der Waals surface area contributed by atoms with Crippen molar-refractivity contribution in [3.05, 3.63) is 82.9 Å². The second-order valence-corrected chi connectivity index (χ2v) is 5.61. The first-order chi connectivity index (χ1) is 11.2. The van der Waals surface area contributed by atoms with Crippen LogP contribution < -0.4 is 5.32 Å². The smallest absolute Gasteiger partial charge is 0.124 e. The van der Waals surface area contributed by atoms with E-state index in [1.165, 1.54) is 12.1 Å². The zero-order chi connectivity index (χ0) is 15.8. The van der Waals surface area contributed by atoms with Crippen molar-refractivity contribution in [1.29, 1.82) is 0 Å². The molecule has 0 atom stereocenters. The lowest BCUT2D eigenvalue weighted by Gasteiger charge is -2.11. The van der Waals surface area contributed by atoms with Gasteiger partial charge in [-0.05, 0) is 48.5 Å². The average Bonchev–Trinajstić information content (AvgIpc) is 2.72. The van der Waals surface area contributed by atoms with Crippen molar-refractivity contribution in [3.63, 3.8) is 0 Å². The van der Waals surface area contributed by atoms with Crippen molar-refractivity contribution in [2.24, 2.45) is 4.99 Å². The van der Waals surface area contributed by atoms with E-state index in [0.29, 0.717) is 22.0 Å². The van der Waals surface area contributed by atoms with Crippen LogP contribution in [0, 0.1) is 5.82 Å². The summed E-state index contributed by atoms with van der Waals surface area (Å²) in [5.74, 6) is -0.309. The molecule has 2 aromatic carbocycles. The van der Waals surface area contributed by atoms with E-state index in [1.807, 2.05) is 18.2 Å². The third-order valence-corrected chi connectivity index (χ3v) is 3.89. The Labute approximate surface area is 137 Å². The van der Waals surface area contributed by atoms with E-state index < -0.39 is 0 Å². The zero-order valence-electron chi connectivity index (χ0n) is 11.9. The number of nitrogens with one attached hydrogen (secondary N) is 1. The summed E-state index contributed by atoms with van der Waals surface area (Å²) in [7, 11) is 0. The molecule has 2 heterocycles. The second-order valence-electron chi connectivity index (χ2n) is 5.17. The SMILES string of the molecule is Fc1ccc2c(c1)C(c1ccncc1)=Nc1cc(Cl)ccc1N2. The molecule has 0 amide bonds. The summed E-state index contributed by atoms with van der Waals surface area (Å²) >= 11 is 6.09. The summed E-state index contributed by atoms with van der Waals surface area (Å²) in [6.07, 6.45) is 3.38. The molecule has 1 N–H and O–H groups in total. The maximum atomic E-state index is 13.8. The maximum Gasteiger partial charge on any atom is 0.124 e. The minimum atomic E-state index is -0.309. The van der Waals surface area contributed by atoms with Crippen LogP contribution in [0.15, 0.2) is 65.9 Å². The molecule has 3 aromatic rings. The van der Waals surface area contributed by atoms with Crippen LogP contribution in [-0.4, -0.2) is 10.7 Å². The zero-order valence-corrected chi connectivity index (χ0v) is 12.7. The molecule has 112 valence electrons. The van der Waals surface area contributed by atoms with Crippen molar-refractivity contribution in [3.8, 4) is 0 Å². The van der Waals surface area contributed by atoms with Gasteiger partial charge in [-0.25, -0.2) is 9.38 Å². The van der Waals surface area contributed by atoms with Crippen LogP contribution in [0.2, 0.25) is 5.02 Å². The van der Waals surface area contributed by atoms with E-state index in [0.717, 1.165) is 16.9 Å². The number of pyridine rings is 1. The molecule has 0 bridgehead atoms. The highest BCUT2D eigenvalue weighted by Crippen LogP contribution is 2.37. The van der Waals surface area contributed by atoms with Crippen LogP contribution in [-0.2, 0) is 0 Å². The van der Waals surface area contributed by atoms with Gasteiger partial charge in [0.25, 0.3) is 0 Å². The molecule has 0 unspecified atom stereocenters. The number of halogens is 2. The molecule has 0 saturated heterocycles. The topological polar surface area (TPSA) is 37.3 Å². The number of hydrogen-bond acceptors (Lipinski definition) is 3. The Bertz CT molecular complexity index is 923.